The SMILES string of the molecule is Cc1nc(C)c(-c2csc(CC(=O)[C@@H]3C[C@@H](Oc4ccccc4)CN3C(=O)C(F)(F)F)n2)s1. The molecule has 0 bridgehead atoms. The smallest absolute Gasteiger partial charge is 0.471 e. The molecule has 3 heterocycles. The number of aryl methyl sites for hydroxylation is 2. The number of likely N-dealkylation sites (tertiary alicyclic amines) is 1. The van der Waals surface area contributed by atoms with Gasteiger partial charge in [-0.25, -0.2) is 9.97 Å². The number of ketones is 1. The number of hydrogen-bond acceptors (Lipinski definition) is 7. The Labute approximate surface area is 196 Å². The largest absolute Gasteiger partial charge is 0.488 e. The van der Waals surface area contributed by atoms with Crippen LogP contribution in [-0.2, 0) is 16.0 Å². The first kappa shape index (κ1) is 23.4. The van der Waals surface area contributed by atoms with Crippen LogP contribution in [0.4, 0.5) is 13.2 Å². The molecule has 0 spiro atoms. The highest BCUT2D eigenvalue weighted by Crippen LogP contribution is 2.32. The van der Waals surface area contributed by atoms with Crippen molar-refractivity contribution < 1.29 is 27.5 Å². The molecule has 6 nitrogen and oxygen atoms in total. The second kappa shape index (κ2) is 9.22. The summed E-state index contributed by atoms with van der Waals surface area (Å²) in [7, 11) is 0. The number of para-hydroxylation sites is 1. The summed E-state index contributed by atoms with van der Waals surface area (Å²) in [6, 6.07) is 7.37. The predicted molar refractivity (Wildman–Crippen MR) is 118 cm³/mol. The van der Waals surface area contributed by atoms with Gasteiger partial charge >= 0.3 is 12.1 Å². The highest BCUT2D eigenvalue weighted by atomic mass is 32.1. The summed E-state index contributed by atoms with van der Waals surface area (Å²) >= 11 is 2.74. The van der Waals surface area contributed by atoms with E-state index in [9.17, 15) is 22.8 Å². The first-order chi connectivity index (χ1) is 15.6. The van der Waals surface area contributed by atoms with Gasteiger partial charge in [-0.05, 0) is 26.0 Å². The van der Waals surface area contributed by atoms with E-state index < -0.39 is 30.0 Å². The Kier molecular flexibility index (Phi) is 6.53. The number of benzene rings is 1. The number of rotatable bonds is 6. The summed E-state index contributed by atoms with van der Waals surface area (Å²) in [5.41, 5.74) is 1.52. The molecule has 2 atom stereocenters. The van der Waals surface area contributed by atoms with Gasteiger partial charge in [0.2, 0.25) is 0 Å². The lowest BCUT2D eigenvalue weighted by atomic mass is 10.1. The Morgan fingerprint density at radius 2 is 1.91 bits per heavy atom. The number of halogens is 3. The topological polar surface area (TPSA) is 72.4 Å². The minimum atomic E-state index is -5.07. The van der Waals surface area contributed by atoms with E-state index in [1.54, 1.807) is 35.7 Å². The highest BCUT2D eigenvalue weighted by molar-refractivity contribution is 7.16. The third-order valence-corrected chi connectivity index (χ3v) is 7.14. The van der Waals surface area contributed by atoms with Gasteiger partial charge in [0.1, 0.15) is 16.9 Å². The van der Waals surface area contributed by atoms with Crippen LogP contribution in [0.5, 0.6) is 5.75 Å². The maximum absolute atomic E-state index is 13.2. The van der Waals surface area contributed by atoms with Crippen LogP contribution in [0.25, 0.3) is 10.6 Å². The molecule has 2 aromatic heterocycles. The maximum Gasteiger partial charge on any atom is 0.471 e. The van der Waals surface area contributed by atoms with Crippen molar-refractivity contribution in [1.29, 1.82) is 0 Å². The lowest BCUT2D eigenvalue weighted by Crippen LogP contribution is -2.47. The fraction of sp³-hybridized carbons (Fsp3) is 0.364. The summed E-state index contributed by atoms with van der Waals surface area (Å²) in [5, 5.41) is 3.18. The number of thiazole rings is 2. The van der Waals surface area contributed by atoms with E-state index in [1.807, 2.05) is 13.8 Å². The number of nitrogens with zero attached hydrogens (tertiary/aromatic N) is 3. The number of aromatic nitrogens is 2. The van der Waals surface area contributed by atoms with Crippen molar-refractivity contribution >= 4 is 34.4 Å². The minimum absolute atomic E-state index is 0.0130. The van der Waals surface area contributed by atoms with Gasteiger partial charge in [-0.2, -0.15) is 13.2 Å². The monoisotopic (exact) mass is 495 g/mol. The average molecular weight is 496 g/mol. The van der Waals surface area contributed by atoms with Crippen molar-refractivity contribution in [3.05, 3.63) is 51.4 Å². The minimum Gasteiger partial charge on any atom is -0.488 e. The second-order valence-corrected chi connectivity index (χ2v) is 9.82. The molecule has 1 fully saturated rings. The molecule has 1 amide bonds. The van der Waals surface area contributed by atoms with Crippen LogP contribution >= 0.6 is 22.7 Å². The summed E-state index contributed by atoms with van der Waals surface area (Å²) in [6.45, 7) is 3.44. The molecule has 4 rings (SSSR count). The van der Waals surface area contributed by atoms with Gasteiger partial charge in [-0.15, -0.1) is 22.7 Å². The van der Waals surface area contributed by atoms with Crippen molar-refractivity contribution in [3.63, 3.8) is 0 Å². The van der Waals surface area contributed by atoms with E-state index in [4.69, 9.17) is 4.74 Å². The van der Waals surface area contributed by atoms with Gasteiger partial charge in [0.15, 0.2) is 5.78 Å². The average Bonchev–Trinajstić information content (AvgIpc) is 3.46. The molecule has 0 radical (unpaired) electrons. The van der Waals surface area contributed by atoms with Crippen molar-refractivity contribution in [2.75, 3.05) is 6.54 Å². The first-order valence-corrected chi connectivity index (χ1v) is 11.8. The molecule has 1 aliphatic rings. The van der Waals surface area contributed by atoms with Crippen molar-refractivity contribution in [2.24, 2.45) is 0 Å². The number of hydrogen-bond donors (Lipinski definition) is 0. The number of ether oxygens (including phenoxy) is 1. The van der Waals surface area contributed by atoms with Crippen molar-refractivity contribution in [2.45, 2.75) is 45.0 Å². The number of amides is 1. The van der Waals surface area contributed by atoms with E-state index in [0.29, 0.717) is 21.4 Å². The highest BCUT2D eigenvalue weighted by Gasteiger charge is 2.50. The molecule has 1 aromatic carbocycles. The van der Waals surface area contributed by atoms with Crippen LogP contribution in [0.2, 0.25) is 0 Å². The van der Waals surface area contributed by atoms with Crippen LogP contribution in [0, 0.1) is 13.8 Å². The molecule has 174 valence electrons. The van der Waals surface area contributed by atoms with Crippen LogP contribution in [0.15, 0.2) is 35.7 Å². The number of alkyl halides is 3. The van der Waals surface area contributed by atoms with Crippen LogP contribution in [-0.4, -0.2) is 51.4 Å². The number of Topliss-reactive ketones (excluding diaryl/α,β-unsaturated/α-hetero) is 1. The summed E-state index contributed by atoms with van der Waals surface area (Å²) in [4.78, 5) is 35.4. The zero-order valence-corrected chi connectivity index (χ0v) is 19.4. The van der Waals surface area contributed by atoms with Gasteiger partial charge in [-0.1, -0.05) is 18.2 Å². The fourth-order valence-corrected chi connectivity index (χ4v) is 5.55. The molecule has 0 N–H and O–H groups in total. The molecule has 11 heteroatoms. The molecule has 0 saturated carbocycles. The summed E-state index contributed by atoms with van der Waals surface area (Å²) in [5.74, 6) is -2.06. The normalized spacial score (nSPS) is 18.5. The molecule has 1 saturated heterocycles. The standard InChI is InChI=1S/C22H20F3N3O3S2/c1-12-20(33-13(2)26-12)16-11-32-19(27-16)9-18(29)17-8-15(31-14-6-4-3-5-7-14)10-28(17)21(30)22(23,24)25/h3-7,11,15,17H,8-10H2,1-2H3/t15-,17+/m1/s1. The van der Waals surface area contributed by atoms with Gasteiger partial charge in [0.25, 0.3) is 0 Å². The Morgan fingerprint density at radius 1 is 1.18 bits per heavy atom. The molecular weight excluding hydrogens is 475 g/mol. The fourth-order valence-electron chi connectivity index (χ4n) is 3.80. The summed E-state index contributed by atoms with van der Waals surface area (Å²) in [6.07, 6.45) is -5.97. The van der Waals surface area contributed by atoms with Crippen LogP contribution in [0.3, 0.4) is 0 Å². The van der Waals surface area contributed by atoms with E-state index in [1.165, 1.54) is 22.7 Å². The third-order valence-electron chi connectivity index (χ3n) is 5.20. The zero-order valence-electron chi connectivity index (χ0n) is 17.8. The Bertz CT molecular complexity index is 1160. The van der Waals surface area contributed by atoms with Gasteiger partial charge in [0.05, 0.1) is 40.3 Å². The van der Waals surface area contributed by atoms with Crippen LogP contribution in [0.1, 0.15) is 22.1 Å². The van der Waals surface area contributed by atoms with Crippen LogP contribution < -0.4 is 4.74 Å². The zero-order chi connectivity index (χ0) is 23.8. The van der Waals surface area contributed by atoms with E-state index in [0.717, 1.165) is 15.6 Å². The molecule has 1 aliphatic heterocycles. The Balaban J connectivity index is 1.51. The van der Waals surface area contributed by atoms with Crippen molar-refractivity contribution in [1.82, 2.24) is 14.9 Å². The third kappa shape index (κ3) is 5.25. The number of carbonyl (C=O) groups is 2. The van der Waals surface area contributed by atoms with Gasteiger partial charge < -0.3 is 9.64 Å². The number of carbonyl (C=O) groups excluding carboxylic acids is 2. The van der Waals surface area contributed by atoms with E-state index >= 15 is 0 Å². The maximum atomic E-state index is 13.2. The second-order valence-electron chi connectivity index (χ2n) is 7.68. The summed E-state index contributed by atoms with van der Waals surface area (Å²) < 4.78 is 45.3. The molecular formula is C22H20F3N3O3S2. The Morgan fingerprint density at radius 3 is 2.55 bits per heavy atom. The lowest BCUT2D eigenvalue weighted by molar-refractivity contribution is -0.186. The quantitative estimate of drug-likeness (QED) is 0.500. The predicted octanol–water partition coefficient (Wildman–Crippen LogP) is 4.61. The van der Waals surface area contributed by atoms with Crippen molar-refractivity contribution in [3.8, 4) is 16.3 Å². The lowest BCUT2D eigenvalue weighted by Gasteiger charge is -2.24. The van der Waals surface area contributed by atoms with E-state index in [2.05, 4.69) is 9.97 Å². The Hall–Kier alpha value is -2.79. The molecule has 3 aromatic rings. The van der Waals surface area contributed by atoms with Gasteiger partial charge in [-0.3, -0.25) is 9.59 Å². The molecule has 0 unspecified atom stereocenters. The van der Waals surface area contributed by atoms with Gasteiger partial charge in [0, 0.05) is 11.8 Å². The molecule has 0 aliphatic carbocycles. The molecule has 33 heavy (non-hydrogen) atoms. The first-order valence-electron chi connectivity index (χ1n) is 10.1. The van der Waals surface area contributed by atoms with E-state index in [-0.39, 0.29) is 19.4 Å².